The summed E-state index contributed by atoms with van der Waals surface area (Å²) in [6.45, 7) is 3.90. The van der Waals surface area contributed by atoms with Gasteiger partial charge in [-0.1, -0.05) is 19.9 Å². The second-order valence-corrected chi connectivity index (χ2v) is 9.97. The van der Waals surface area contributed by atoms with Crippen LogP contribution in [-0.4, -0.2) is 45.1 Å². The van der Waals surface area contributed by atoms with Gasteiger partial charge in [0.1, 0.15) is 0 Å². The maximum atomic E-state index is 12.6. The summed E-state index contributed by atoms with van der Waals surface area (Å²) in [7, 11) is -3.70. The van der Waals surface area contributed by atoms with Crippen molar-refractivity contribution in [3.63, 3.8) is 0 Å². The number of hydrogen-bond acceptors (Lipinski definition) is 9. The second kappa shape index (κ2) is 9.10. The van der Waals surface area contributed by atoms with Crippen molar-refractivity contribution in [2.24, 2.45) is 0 Å². The quantitative estimate of drug-likeness (QED) is 0.288. The minimum absolute atomic E-state index is 0.0561. The second-order valence-electron chi connectivity index (χ2n) is 8.06. The zero-order chi connectivity index (χ0) is 25.3. The van der Waals surface area contributed by atoms with Gasteiger partial charge in [0.25, 0.3) is 16.8 Å². The summed E-state index contributed by atoms with van der Waals surface area (Å²) in [5.74, 6) is -0.253. The molecule has 0 spiro atoms. The maximum absolute atomic E-state index is 12.6. The molecule has 0 unspecified atom stereocenters. The van der Waals surface area contributed by atoms with E-state index in [9.17, 15) is 23.3 Å². The van der Waals surface area contributed by atoms with Gasteiger partial charge in [0.05, 0.1) is 11.1 Å². The van der Waals surface area contributed by atoms with Gasteiger partial charge in [0, 0.05) is 40.9 Å². The Bertz CT molecular complexity index is 1550. The van der Waals surface area contributed by atoms with Crippen LogP contribution in [0.1, 0.15) is 35.7 Å². The predicted octanol–water partition coefficient (Wildman–Crippen LogP) is 3.56. The number of nitrogens with one attached hydrogen (secondary N) is 2. The van der Waals surface area contributed by atoms with Gasteiger partial charge in [-0.3, -0.25) is 14.9 Å². The number of carbonyl (C=O) groups is 1. The molecule has 4 rings (SSSR count). The third-order valence-electron chi connectivity index (χ3n) is 5.05. The van der Waals surface area contributed by atoms with E-state index in [2.05, 4.69) is 25.7 Å². The Labute approximate surface area is 200 Å². The number of non-ortho nitro benzene ring substituents is 1. The van der Waals surface area contributed by atoms with Crippen LogP contribution >= 0.6 is 0 Å². The van der Waals surface area contributed by atoms with Crippen LogP contribution in [-0.2, 0) is 9.84 Å². The van der Waals surface area contributed by atoms with E-state index >= 15 is 0 Å². The van der Waals surface area contributed by atoms with Crippen molar-refractivity contribution in [1.29, 1.82) is 0 Å². The minimum atomic E-state index is -3.70. The van der Waals surface area contributed by atoms with Crippen molar-refractivity contribution in [2.75, 3.05) is 16.9 Å². The van der Waals surface area contributed by atoms with E-state index in [1.54, 1.807) is 30.5 Å². The minimum Gasteiger partial charge on any atom is -0.324 e. The molecule has 12 nitrogen and oxygen atoms in total. The van der Waals surface area contributed by atoms with Crippen LogP contribution in [0.25, 0.3) is 5.65 Å². The van der Waals surface area contributed by atoms with Crippen molar-refractivity contribution >= 4 is 44.4 Å². The van der Waals surface area contributed by atoms with Crippen LogP contribution in [0.5, 0.6) is 0 Å². The highest BCUT2D eigenvalue weighted by Gasteiger charge is 2.20. The zero-order valence-electron chi connectivity index (χ0n) is 19.0. The standard InChI is InChI=1S/C22H21N7O5S/c1-13(2)18-12-23-28-19(18)26-22(35(3,33)34)27-21(28)25-16-6-4-5-15(11-16)24-20(30)14-7-9-17(10-8-14)29(31)32/h4-13H,1-3H3,(H,24,30)(H,25,26,27). The first-order valence-corrected chi connectivity index (χ1v) is 12.3. The largest absolute Gasteiger partial charge is 0.324 e. The van der Waals surface area contributed by atoms with E-state index in [1.165, 1.54) is 28.8 Å². The van der Waals surface area contributed by atoms with E-state index in [1.807, 2.05) is 13.8 Å². The van der Waals surface area contributed by atoms with Crippen LogP contribution in [0.2, 0.25) is 0 Å². The summed E-state index contributed by atoms with van der Waals surface area (Å²) in [4.78, 5) is 31.2. The van der Waals surface area contributed by atoms with Gasteiger partial charge in [-0.05, 0) is 36.2 Å². The van der Waals surface area contributed by atoms with Gasteiger partial charge in [-0.2, -0.15) is 19.6 Å². The summed E-state index contributed by atoms with van der Waals surface area (Å²) in [5, 5.41) is 20.5. The molecule has 1 amide bonds. The topological polar surface area (TPSA) is 161 Å². The number of nitrogens with zero attached hydrogens (tertiary/aromatic N) is 5. The SMILES string of the molecule is CC(C)c1cnn2c(Nc3cccc(NC(=O)c4ccc([N+](=O)[O-])cc4)c3)nc(S(C)(=O)=O)nc12. The Kier molecular flexibility index (Phi) is 6.18. The third kappa shape index (κ3) is 5.09. The summed E-state index contributed by atoms with van der Waals surface area (Å²) in [6, 6.07) is 11.9. The Morgan fingerprint density at radius 3 is 2.40 bits per heavy atom. The van der Waals surface area contributed by atoms with Gasteiger partial charge in [-0.25, -0.2) is 8.42 Å². The monoisotopic (exact) mass is 495 g/mol. The van der Waals surface area contributed by atoms with E-state index < -0.39 is 20.7 Å². The van der Waals surface area contributed by atoms with Gasteiger partial charge in [0.2, 0.25) is 15.8 Å². The van der Waals surface area contributed by atoms with Gasteiger partial charge < -0.3 is 10.6 Å². The molecule has 4 aromatic rings. The molecule has 0 atom stereocenters. The number of carbonyl (C=O) groups excluding carboxylic acids is 1. The number of nitro benzene ring substituents is 1. The average molecular weight is 496 g/mol. The Balaban J connectivity index is 1.63. The summed E-state index contributed by atoms with van der Waals surface area (Å²) < 4.78 is 25.8. The molecule has 2 aromatic heterocycles. The lowest BCUT2D eigenvalue weighted by Crippen LogP contribution is -2.13. The fraction of sp³-hybridized carbons (Fsp3) is 0.182. The Hall–Kier alpha value is -4.39. The summed E-state index contributed by atoms with van der Waals surface area (Å²) >= 11 is 0. The van der Waals surface area contributed by atoms with E-state index in [0.29, 0.717) is 17.0 Å². The molecule has 0 bridgehead atoms. The Morgan fingerprint density at radius 1 is 1.09 bits per heavy atom. The Morgan fingerprint density at radius 2 is 1.77 bits per heavy atom. The molecule has 2 aromatic carbocycles. The van der Waals surface area contributed by atoms with Crippen LogP contribution in [0.15, 0.2) is 59.9 Å². The number of hydrogen-bond donors (Lipinski definition) is 2. The first-order valence-electron chi connectivity index (χ1n) is 10.4. The maximum Gasteiger partial charge on any atom is 0.269 e. The molecule has 2 heterocycles. The predicted molar refractivity (Wildman–Crippen MR) is 129 cm³/mol. The molecule has 180 valence electrons. The molecule has 0 aliphatic carbocycles. The lowest BCUT2D eigenvalue weighted by atomic mass is 10.1. The first-order chi connectivity index (χ1) is 16.5. The summed E-state index contributed by atoms with van der Waals surface area (Å²) in [5.41, 5.74) is 2.23. The number of nitro groups is 1. The van der Waals surface area contributed by atoms with Crippen molar-refractivity contribution in [1.82, 2.24) is 19.6 Å². The van der Waals surface area contributed by atoms with Crippen LogP contribution < -0.4 is 10.6 Å². The zero-order valence-corrected chi connectivity index (χ0v) is 19.8. The molecule has 35 heavy (non-hydrogen) atoms. The average Bonchev–Trinajstić information content (AvgIpc) is 3.23. The number of benzene rings is 2. The number of amides is 1. The molecule has 0 saturated heterocycles. The van der Waals surface area contributed by atoms with E-state index in [-0.39, 0.29) is 28.3 Å². The molecule has 0 radical (unpaired) electrons. The lowest BCUT2D eigenvalue weighted by molar-refractivity contribution is -0.384. The highest BCUT2D eigenvalue weighted by atomic mass is 32.2. The van der Waals surface area contributed by atoms with Crippen molar-refractivity contribution in [2.45, 2.75) is 24.9 Å². The van der Waals surface area contributed by atoms with Crippen molar-refractivity contribution in [3.05, 3.63) is 76.0 Å². The number of fused-ring (bicyclic) bond motifs is 1. The normalized spacial score (nSPS) is 11.5. The van der Waals surface area contributed by atoms with Gasteiger partial charge in [0.15, 0.2) is 5.65 Å². The van der Waals surface area contributed by atoms with Crippen LogP contribution in [0.4, 0.5) is 23.0 Å². The molecule has 0 saturated carbocycles. The van der Waals surface area contributed by atoms with Gasteiger partial charge >= 0.3 is 0 Å². The highest BCUT2D eigenvalue weighted by Crippen LogP contribution is 2.25. The number of aromatic nitrogens is 4. The smallest absolute Gasteiger partial charge is 0.269 e. The summed E-state index contributed by atoms with van der Waals surface area (Å²) in [6.07, 6.45) is 2.65. The highest BCUT2D eigenvalue weighted by molar-refractivity contribution is 7.90. The molecule has 13 heteroatoms. The van der Waals surface area contributed by atoms with Crippen LogP contribution in [0.3, 0.4) is 0 Å². The fourth-order valence-electron chi connectivity index (χ4n) is 3.27. The van der Waals surface area contributed by atoms with Crippen molar-refractivity contribution in [3.8, 4) is 0 Å². The number of sulfone groups is 1. The van der Waals surface area contributed by atoms with Gasteiger partial charge in [-0.15, -0.1) is 0 Å². The molecule has 0 aliphatic heterocycles. The van der Waals surface area contributed by atoms with Crippen LogP contribution in [0, 0.1) is 10.1 Å². The molecular weight excluding hydrogens is 474 g/mol. The number of rotatable bonds is 7. The molecule has 2 N–H and O–H groups in total. The molecular formula is C22H21N7O5S. The fourth-order valence-corrected chi connectivity index (χ4v) is 3.78. The number of anilines is 3. The molecule has 0 fully saturated rings. The van der Waals surface area contributed by atoms with E-state index in [4.69, 9.17) is 0 Å². The lowest BCUT2D eigenvalue weighted by Gasteiger charge is -2.11. The van der Waals surface area contributed by atoms with E-state index in [0.717, 1.165) is 11.8 Å². The molecule has 0 aliphatic rings. The first kappa shape index (κ1) is 23.8. The third-order valence-corrected chi connectivity index (χ3v) is 5.89. The van der Waals surface area contributed by atoms with Crippen molar-refractivity contribution < 1.29 is 18.1 Å².